The Morgan fingerprint density at radius 3 is 2.54 bits per heavy atom. The Balaban J connectivity index is 2.64. The minimum atomic E-state index is -0.265. The highest BCUT2D eigenvalue weighted by Gasteiger charge is 1.92. The first-order valence-electron chi connectivity index (χ1n) is 4.02. The van der Waals surface area contributed by atoms with E-state index < -0.39 is 0 Å². The van der Waals surface area contributed by atoms with Gasteiger partial charge in [0.25, 0.3) is 0 Å². The van der Waals surface area contributed by atoms with Crippen LogP contribution in [0, 0.1) is 3.57 Å². The molecule has 0 aliphatic heterocycles. The lowest BCUT2D eigenvalue weighted by Crippen LogP contribution is -2.20. The maximum absolute atomic E-state index is 8.68. The molecule has 2 nitrogen and oxygen atoms in total. The largest absolute Gasteiger partial charge is 0.394 e. The van der Waals surface area contributed by atoms with Gasteiger partial charge in [0, 0.05) is 9.61 Å². The Labute approximate surface area is 91.6 Å². The van der Waals surface area contributed by atoms with E-state index in [1.54, 1.807) is 6.08 Å². The van der Waals surface area contributed by atoms with Crippen molar-refractivity contribution in [3.63, 3.8) is 0 Å². The quantitative estimate of drug-likeness (QED) is 0.831. The van der Waals surface area contributed by atoms with Crippen LogP contribution in [0.1, 0.15) is 5.56 Å². The van der Waals surface area contributed by atoms with Crippen molar-refractivity contribution in [2.24, 2.45) is 5.73 Å². The average molecular weight is 289 g/mol. The lowest BCUT2D eigenvalue weighted by molar-refractivity contribution is 0.284. The third-order valence-electron chi connectivity index (χ3n) is 1.62. The van der Waals surface area contributed by atoms with Gasteiger partial charge in [0.2, 0.25) is 0 Å². The molecule has 0 heterocycles. The maximum atomic E-state index is 8.68. The van der Waals surface area contributed by atoms with Gasteiger partial charge in [-0.15, -0.1) is 0 Å². The minimum Gasteiger partial charge on any atom is -0.394 e. The van der Waals surface area contributed by atoms with Crippen LogP contribution in [0.3, 0.4) is 0 Å². The summed E-state index contributed by atoms with van der Waals surface area (Å²) < 4.78 is 1.21. The summed E-state index contributed by atoms with van der Waals surface area (Å²) in [5, 5.41) is 8.68. The molecule has 0 radical (unpaired) electrons. The summed E-state index contributed by atoms with van der Waals surface area (Å²) in [4.78, 5) is 0. The number of hydrogen-bond donors (Lipinski definition) is 2. The van der Waals surface area contributed by atoms with Crippen LogP contribution in [0.2, 0.25) is 0 Å². The Morgan fingerprint density at radius 2 is 2.00 bits per heavy atom. The van der Waals surface area contributed by atoms with Gasteiger partial charge in [0.1, 0.15) is 0 Å². The van der Waals surface area contributed by atoms with Gasteiger partial charge in [-0.2, -0.15) is 0 Å². The normalized spacial score (nSPS) is 13.5. The van der Waals surface area contributed by atoms with Crippen molar-refractivity contribution in [2.45, 2.75) is 6.04 Å². The summed E-state index contributed by atoms with van der Waals surface area (Å²) >= 11 is 2.26. The molecular formula is C10H12INO. The van der Waals surface area contributed by atoms with Crippen molar-refractivity contribution >= 4 is 28.7 Å². The molecule has 1 atom stereocenters. The smallest absolute Gasteiger partial charge is 0.0618 e. The van der Waals surface area contributed by atoms with E-state index in [0.717, 1.165) is 5.56 Å². The fourth-order valence-electron chi connectivity index (χ4n) is 0.869. The SMILES string of the molecule is N[C@@H](/C=C/c1ccc(I)cc1)CO. The summed E-state index contributed by atoms with van der Waals surface area (Å²) in [7, 11) is 0. The standard InChI is InChI=1S/C10H12INO/c11-9-4-1-8(2-5-9)3-6-10(12)7-13/h1-6,10,13H,7,12H2/b6-3+/t10-/m0/s1. The maximum Gasteiger partial charge on any atom is 0.0618 e. The summed E-state index contributed by atoms with van der Waals surface area (Å²) in [5.41, 5.74) is 6.61. The van der Waals surface area contributed by atoms with Gasteiger partial charge in [-0.25, -0.2) is 0 Å². The molecule has 0 amide bonds. The Hall–Kier alpha value is -0.390. The third kappa shape index (κ3) is 3.89. The molecule has 1 rings (SSSR count). The van der Waals surface area contributed by atoms with Gasteiger partial charge >= 0.3 is 0 Å². The van der Waals surface area contributed by atoms with Crippen LogP contribution in [-0.4, -0.2) is 17.8 Å². The molecule has 0 aromatic heterocycles. The summed E-state index contributed by atoms with van der Waals surface area (Å²) in [6.45, 7) is -0.0130. The lowest BCUT2D eigenvalue weighted by atomic mass is 10.2. The van der Waals surface area contributed by atoms with Crippen molar-refractivity contribution < 1.29 is 5.11 Å². The number of nitrogens with two attached hydrogens (primary N) is 1. The second-order valence-electron chi connectivity index (χ2n) is 2.76. The van der Waals surface area contributed by atoms with Crippen LogP contribution in [0.4, 0.5) is 0 Å². The molecule has 13 heavy (non-hydrogen) atoms. The van der Waals surface area contributed by atoms with Crippen molar-refractivity contribution in [2.75, 3.05) is 6.61 Å². The van der Waals surface area contributed by atoms with Crippen LogP contribution in [0.25, 0.3) is 6.08 Å². The van der Waals surface area contributed by atoms with Gasteiger partial charge in [-0.3, -0.25) is 0 Å². The number of hydrogen-bond acceptors (Lipinski definition) is 2. The van der Waals surface area contributed by atoms with Gasteiger partial charge in [0.15, 0.2) is 0 Å². The zero-order valence-electron chi connectivity index (χ0n) is 7.15. The van der Waals surface area contributed by atoms with Crippen molar-refractivity contribution in [3.05, 3.63) is 39.5 Å². The zero-order valence-corrected chi connectivity index (χ0v) is 9.31. The van der Waals surface area contributed by atoms with Crippen molar-refractivity contribution in [3.8, 4) is 0 Å². The van der Waals surface area contributed by atoms with Gasteiger partial charge in [-0.1, -0.05) is 24.3 Å². The number of halogens is 1. The topological polar surface area (TPSA) is 46.2 Å². The van der Waals surface area contributed by atoms with E-state index in [4.69, 9.17) is 10.8 Å². The molecule has 1 aromatic carbocycles. The Bertz CT molecular complexity index is 281. The highest BCUT2D eigenvalue weighted by molar-refractivity contribution is 14.1. The number of rotatable bonds is 3. The molecule has 3 heteroatoms. The van der Waals surface area contributed by atoms with E-state index in [0.29, 0.717) is 0 Å². The number of aliphatic hydroxyl groups excluding tert-OH is 1. The minimum absolute atomic E-state index is 0.0130. The molecule has 0 spiro atoms. The van der Waals surface area contributed by atoms with E-state index >= 15 is 0 Å². The first kappa shape index (κ1) is 10.7. The third-order valence-corrected chi connectivity index (χ3v) is 2.34. The van der Waals surface area contributed by atoms with E-state index in [9.17, 15) is 0 Å². The molecule has 70 valence electrons. The van der Waals surface area contributed by atoms with Crippen LogP contribution < -0.4 is 5.73 Å². The molecule has 0 unspecified atom stereocenters. The summed E-state index contributed by atoms with van der Waals surface area (Å²) in [6, 6.07) is 7.83. The predicted molar refractivity (Wildman–Crippen MR) is 63.3 cm³/mol. The summed E-state index contributed by atoms with van der Waals surface area (Å²) in [6.07, 6.45) is 3.71. The van der Waals surface area contributed by atoms with E-state index in [2.05, 4.69) is 22.6 Å². The second-order valence-corrected chi connectivity index (χ2v) is 4.00. The van der Waals surface area contributed by atoms with Gasteiger partial charge in [-0.05, 0) is 40.3 Å². The predicted octanol–water partition coefficient (Wildman–Crippen LogP) is 1.62. The monoisotopic (exact) mass is 289 g/mol. The molecule has 0 saturated carbocycles. The number of aliphatic hydroxyl groups is 1. The van der Waals surface area contributed by atoms with Crippen LogP contribution in [0.5, 0.6) is 0 Å². The molecule has 0 saturated heterocycles. The average Bonchev–Trinajstić information content (AvgIpc) is 2.16. The van der Waals surface area contributed by atoms with Gasteiger partial charge < -0.3 is 10.8 Å². The van der Waals surface area contributed by atoms with Crippen LogP contribution in [-0.2, 0) is 0 Å². The molecule has 1 aromatic rings. The zero-order chi connectivity index (χ0) is 9.68. The highest BCUT2D eigenvalue weighted by Crippen LogP contribution is 2.08. The molecule has 0 aliphatic carbocycles. The molecule has 0 fully saturated rings. The Morgan fingerprint density at radius 1 is 1.38 bits per heavy atom. The van der Waals surface area contributed by atoms with E-state index in [1.807, 2.05) is 30.3 Å². The summed E-state index contributed by atoms with van der Waals surface area (Å²) in [5.74, 6) is 0. The van der Waals surface area contributed by atoms with Gasteiger partial charge in [0.05, 0.1) is 6.61 Å². The fraction of sp³-hybridized carbons (Fsp3) is 0.200. The van der Waals surface area contributed by atoms with Crippen molar-refractivity contribution in [1.82, 2.24) is 0 Å². The number of benzene rings is 1. The van der Waals surface area contributed by atoms with Crippen molar-refractivity contribution in [1.29, 1.82) is 0 Å². The second kappa shape index (κ2) is 5.36. The lowest BCUT2D eigenvalue weighted by Gasteiger charge is -1.99. The Kier molecular flexibility index (Phi) is 4.41. The first-order chi connectivity index (χ1) is 6.22. The molecule has 0 aliphatic rings. The van der Waals surface area contributed by atoms with E-state index in [1.165, 1.54) is 3.57 Å². The first-order valence-corrected chi connectivity index (χ1v) is 5.10. The van der Waals surface area contributed by atoms with E-state index in [-0.39, 0.29) is 12.6 Å². The van der Waals surface area contributed by atoms with Crippen LogP contribution >= 0.6 is 22.6 Å². The van der Waals surface area contributed by atoms with Crippen LogP contribution in [0.15, 0.2) is 30.3 Å². The molecular weight excluding hydrogens is 277 g/mol. The molecule has 0 bridgehead atoms. The molecule has 3 N–H and O–H groups in total. The highest BCUT2D eigenvalue weighted by atomic mass is 127. The fourth-order valence-corrected chi connectivity index (χ4v) is 1.23.